The minimum atomic E-state index is -0.0106. The quantitative estimate of drug-likeness (QED) is 0.326. The van der Waals surface area contributed by atoms with Gasteiger partial charge in [0.1, 0.15) is 12.0 Å². The van der Waals surface area contributed by atoms with Gasteiger partial charge in [0, 0.05) is 0 Å². The normalized spacial score (nSPS) is 12.0. The predicted molar refractivity (Wildman–Crippen MR) is 80.8 cm³/mol. The molecule has 2 heterocycles. The number of fused-ring (bicyclic) bond motifs is 1. The van der Waals surface area contributed by atoms with E-state index in [0.29, 0.717) is 5.69 Å². The van der Waals surface area contributed by atoms with Crippen LogP contribution in [0.15, 0.2) is 41.9 Å². The first kappa shape index (κ1) is 13.1. The van der Waals surface area contributed by atoms with Crippen molar-refractivity contribution in [1.82, 2.24) is 14.5 Å². The molecule has 0 amide bonds. The fraction of sp³-hybridized carbons (Fsp3) is 0.133. The standard InChI is InChI=1S/C15H15N5O/c1-9-5-13-14(6-10(9)2)20(8-18-13)11-3-4-12(17-7-11)15(16)19-21/h3-8,21H,1-2H3,(H2,16,19). The van der Waals surface area contributed by atoms with Crippen LogP contribution in [0.25, 0.3) is 16.7 Å². The van der Waals surface area contributed by atoms with Gasteiger partial charge in [0.15, 0.2) is 5.84 Å². The van der Waals surface area contributed by atoms with Gasteiger partial charge in [-0.05, 0) is 49.2 Å². The second-order valence-corrected chi connectivity index (χ2v) is 4.93. The van der Waals surface area contributed by atoms with Crippen molar-refractivity contribution in [2.24, 2.45) is 10.9 Å². The summed E-state index contributed by atoms with van der Waals surface area (Å²) in [5, 5.41) is 11.6. The monoisotopic (exact) mass is 281 g/mol. The number of benzene rings is 1. The summed E-state index contributed by atoms with van der Waals surface area (Å²) in [4.78, 5) is 8.61. The number of rotatable bonds is 2. The Kier molecular flexibility index (Phi) is 3.06. The first-order valence-electron chi connectivity index (χ1n) is 6.49. The third-order valence-corrected chi connectivity index (χ3v) is 3.56. The second kappa shape index (κ2) is 4.90. The second-order valence-electron chi connectivity index (χ2n) is 4.93. The van der Waals surface area contributed by atoms with Gasteiger partial charge in [0.05, 0.1) is 22.9 Å². The Morgan fingerprint density at radius 2 is 1.95 bits per heavy atom. The molecule has 0 atom stereocenters. The van der Waals surface area contributed by atoms with Gasteiger partial charge in [-0.3, -0.25) is 9.55 Å². The minimum Gasteiger partial charge on any atom is -0.409 e. The Hall–Kier alpha value is -2.89. The number of aromatic nitrogens is 3. The summed E-state index contributed by atoms with van der Waals surface area (Å²) in [5.41, 5.74) is 11.2. The van der Waals surface area contributed by atoms with Crippen LogP contribution in [0, 0.1) is 13.8 Å². The van der Waals surface area contributed by atoms with E-state index in [-0.39, 0.29) is 5.84 Å². The zero-order valence-electron chi connectivity index (χ0n) is 11.8. The molecule has 0 unspecified atom stereocenters. The third kappa shape index (κ3) is 2.20. The molecule has 0 aliphatic rings. The smallest absolute Gasteiger partial charge is 0.188 e. The molecule has 0 bridgehead atoms. The van der Waals surface area contributed by atoms with E-state index in [1.807, 2.05) is 10.6 Å². The maximum Gasteiger partial charge on any atom is 0.188 e. The fourth-order valence-electron chi connectivity index (χ4n) is 2.20. The van der Waals surface area contributed by atoms with Gasteiger partial charge in [0.25, 0.3) is 0 Å². The molecule has 3 aromatic rings. The highest BCUT2D eigenvalue weighted by atomic mass is 16.4. The molecule has 6 nitrogen and oxygen atoms in total. The van der Waals surface area contributed by atoms with E-state index in [1.165, 1.54) is 11.1 Å². The van der Waals surface area contributed by atoms with Gasteiger partial charge in [-0.25, -0.2) is 4.98 Å². The molecule has 0 fully saturated rings. The third-order valence-electron chi connectivity index (χ3n) is 3.56. The number of nitrogens with two attached hydrogens (primary N) is 1. The molecule has 6 heteroatoms. The minimum absolute atomic E-state index is 0.0106. The Balaban J connectivity index is 2.10. The van der Waals surface area contributed by atoms with E-state index >= 15 is 0 Å². The average Bonchev–Trinajstić information content (AvgIpc) is 2.90. The summed E-state index contributed by atoms with van der Waals surface area (Å²) in [7, 11) is 0. The molecule has 2 aromatic heterocycles. The van der Waals surface area contributed by atoms with Crippen molar-refractivity contribution in [3.63, 3.8) is 0 Å². The van der Waals surface area contributed by atoms with Gasteiger partial charge in [-0.1, -0.05) is 5.16 Å². The van der Waals surface area contributed by atoms with Crippen molar-refractivity contribution in [3.05, 3.63) is 53.6 Å². The molecular weight excluding hydrogens is 266 g/mol. The van der Waals surface area contributed by atoms with Crippen LogP contribution < -0.4 is 5.73 Å². The van der Waals surface area contributed by atoms with Crippen molar-refractivity contribution in [2.75, 3.05) is 0 Å². The van der Waals surface area contributed by atoms with Crippen LogP contribution in [0.3, 0.4) is 0 Å². The van der Waals surface area contributed by atoms with Gasteiger partial charge in [0.2, 0.25) is 0 Å². The van der Waals surface area contributed by atoms with E-state index in [2.05, 4.69) is 41.1 Å². The number of pyridine rings is 1. The van der Waals surface area contributed by atoms with E-state index < -0.39 is 0 Å². The molecular formula is C15H15N5O. The number of hydrogen-bond acceptors (Lipinski definition) is 4. The lowest BCUT2D eigenvalue weighted by Gasteiger charge is -2.06. The Morgan fingerprint density at radius 1 is 1.19 bits per heavy atom. The predicted octanol–water partition coefficient (Wildman–Crippen LogP) is 2.13. The van der Waals surface area contributed by atoms with Crippen molar-refractivity contribution >= 4 is 16.9 Å². The van der Waals surface area contributed by atoms with Crippen LogP contribution in [0.2, 0.25) is 0 Å². The molecule has 3 rings (SSSR count). The molecule has 1 aromatic carbocycles. The Morgan fingerprint density at radius 3 is 2.62 bits per heavy atom. The molecule has 0 saturated carbocycles. The lowest BCUT2D eigenvalue weighted by Crippen LogP contribution is -2.14. The number of hydrogen-bond donors (Lipinski definition) is 2. The SMILES string of the molecule is Cc1cc2ncn(-c3ccc(/C(N)=N/O)nc3)c2cc1C. The Labute approximate surface area is 121 Å². The van der Waals surface area contributed by atoms with Crippen LogP contribution >= 0.6 is 0 Å². The first-order valence-corrected chi connectivity index (χ1v) is 6.49. The molecule has 0 spiro atoms. The summed E-state index contributed by atoms with van der Waals surface area (Å²) in [6, 6.07) is 7.74. The highest BCUT2D eigenvalue weighted by molar-refractivity contribution is 5.95. The summed E-state index contributed by atoms with van der Waals surface area (Å²) >= 11 is 0. The average molecular weight is 281 g/mol. The van der Waals surface area contributed by atoms with Gasteiger partial charge < -0.3 is 10.9 Å². The molecule has 21 heavy (non-hydrogen) atoms. The highest BCUT2D eigenvalue weighted by Crippen LogP contribution is 2.21. The van der Waals surface area contributed by atoms with E-state index in [1.54, 1.807) is 18.6 Å². The molecule has 3 N–H and O–H groups in total. The topological polar surface area (TPSA) is 89.3 Å². The summed E-state index contributed by atoms with van der Waals surface area (Å²) in [6.07, 6.45) is 3.44. The van der Waals surface area contributed by atoms with Gasteiger partial charge in [-0.15, -0.1) is 0 Å². The van der Waals surface area contributed by atoms with Crippen LogP contribution in [-0.4, -0.2) is 25.6 Å². The van der Waals surface area contributed by atoms with Crippen molar-refractivity contribution in [1.29, 1.82) is 0 Å². The zero-order valence-corrected chi connectivity index (χ0v) is 11.8. The number of nitrogens with zero attached hydrogens (tertiary/aromatic N) is 4. The highest BCUT2D eigenvalue weighted by Gasteiger charge is 2.08. The van der Waals surface area contributed by atoms with Gasteiger partial charge in [-0.2, -0.15) is 0 Å². The summed E-state index contributed by atoms with van der Waals surface area (Å²) in [5.74, 6) is -0.0106. The number of oxime groups is 1. The molecule has 0 saturated heterocycles. The van der Waals surface area contributed by atoms with Crippen molar-refractivity contribution < 1.29 is 5.21 Å². The molecule has 0 aliphatic heterocycles. The molecule has 0 aliphatic carbocycles. The largest absolute Gasteiger partial charge is 0.409 e. The lowest BCUT2D eigenvalue weighted by molar-refractivity contribution is 0.318. The molecule has 106 valence electrons. The van der Waals surface area contributed by atoms with E-state index in [4.69, 9.17) is 10.9 Å². The lowest BCUT2D eigenvalue weighted by atomic mass is 10.1. The van der Waals surface area contributed by atoms with Crippen LogP contribution in [0.4, 0.5) is 0 Å². The molecule has 0 radical (unpaired) electrons. The maximum absolute atomic E-state index is 8.65. The van der Waals surface area contributed by atoms with Crippen LogP contribution in [0.1, 0.15) is 16.8 Å². The fourth-order valence-corrected chi connectivity index (χ4v) is 2.20. The Bertz CT molecular complexity index is 833. The summed E-state index contributed by atoms with van der Waals surface area (Å²) < 4.78 is 1.96. The number of aryl methyl sites for hydroxylation is 2. The van der Waals surface area contributed by atoms with Crippen molar-refractivity contribution in [2.45, 2.75) is 13.8 Å². The number of imidazole rings is 1. The van der Waals surface area contributed by atoms with Crippen LogP contribution in [0.5, 0.6) is 0 Å². The van der Waals surface area contributed by atoms with E-state index in [0.717, 1.165) is 16.7 Å². The first-order chi connectivity index (χ1) is 10.1. The van der Waals surface area contributed by atoms with Crippen LogP contribution in [-0.2, 0) is 0 Å². The zero-order chi connectivity index (χ0) is 15.0. The summed E-state index contributed by atoms with van der Waals surface area (Å²) in [6.45, 7) is 4.15. The maximum atomic E-state index is 8.65. The van der Waals surface area contributed by atoms with Gasteiger partial charge >= 0.3 is 0 Å². The van der Waals surface area contributed by atoms with E-state index in [9.17, 15) is 0 Å². The van der Waals surface area contributed by atoms with Crippen molar-refractivity contribution in [3.8, 4) is 5.69 Å². The number of amidine groups is 1.